The Kier molecular flexibility index (Phi) is 33.9. The lowest BCUT2D eigenvalue weighted by molar-refractivity contribution is -0.144. The molecule has 0 radical (unpaired) electrons. The predicted octanol–water partition coefficient (Wildman–Crippen LogP) is -3.71. The van der Waals surface area contributed by atoms with Gasteiger partial charge in [-0.3, -0.25) is 67.3 Å². The second kappa shape index (κ2) is 41.0. The highest BCUT2D eigenvalue weighted by molar-refractivity contribution is 7.98. The van der Waals surface area contributed by atoms with Gasteiger partial charge in [-0.15, -0.1) is 0 Å². The Morgan fingerprint density at radius 3 is 1.51 bits per heavy atom. The van der Waals surface area contributed by atoms with E-state index in [1.54, 1.807) is 60.7 Å². The van der Waals surface area contributed by atoms with Crippen LogP contribution in [0.2, 0.25) is 0 Å². The van der Waals surface area contributed by atoms with Crippen molar-refractivity contribution in [1.82, 2.24) is 52.3 Å². The third kappa shape index (κ3) is 27.5. The molecule has 2 saturated heterocycles. The van der Waals surface area contributed by atoms with E-state index in [9.17, 15) is 62.3 Å². The van der Waals surface area contributed by atoms with E-state index in [0.717, 1.165) is 0 Å². The molecular formula is C63H98N18O13S. The Labute approximate surface area is 558 Å². The number of unbranched alkanes of at least 4 members (excludes halogenated alkanes) is 1. The van der Waals surface area contributed by atoms with Gasteiger partial charge in [-0.1, -0.05) is 74.5 Å². The summed E-state index contributed by atoms with van der Waals surface area (Å²) in [6.07, 6.45) is 3.12. The van der Waals surface area contributed by atoms with Crippen LogP contribution in [0.1, 0.15) is 121 Å². The average Bonchev–Trinajstić information content (AvgIpc) is 1.74. The van der Waals surface area contributed by atoms with Crippen molar-refractivity contribution in [2.75, 3.05) is 44.7 Å². The van der Waals surface area contributed by atoms with E-state index >= 15 is 0 Å². The molecule has 0 unspecified atom stereocenters. The first kappa shape index (κ1) is 78.5. The summed E-state index contributed by atoms with van der Waals surface area (Å²) in [6.45, 7) is 3.86. The minimum atomic E-state index is -1.64. The first-order valence-corrected chi connectivity index (χ1v) is 33.6. The molecule has 524 valence electrons. The zero-order valence-electron chi connectivity index (χ0n) is 54.5. The Bertz CT molecular complexity index is 2960. The number of benzene rings is 2. The van der Waals surface area contributed by atoms with E-state index in [1.807, 2.05) is 20.1 Å². The number of nitrogens with two attached hydrogens (primary N) is 7. The molecule has 22 N–H and O–H groups in total. The average molecular weight is 1350 g/mol. The molecule has 2 aliphatic rings. The summed E-state index contributed by atoms with van der Waals surface area (Å²) in [5.41, 5.74) is 40.6. The van der Waals surface area contributed by atoms with E-state index in [1.165, 1.54) is 21.6 Å². The number of hydrogen-bond donors (Lipinski definition) is 15. The van der Waals surface area contributed by atoms with Gasteiger partial charge in [-0.05, 0) is 119 Å². The van der Waals surface area contributed by atoms with Crippen molar-refractivity contribution in [3.05, 3.63) is 71.8 Å². The van der Waals surface area contributed by atoms with Crippen molar-refractivity contribution < 1.29 is 62.3 Å². The van der Waals surface area contributed by atoms with E-state index in [0.29, 0.717) is 55.4 Å². The molecule has 31 nitrogen and oxygen atoms in total. The van der Waals surface area contributed by atoms with Crippen molar-refractivity contribution in [3.8, 4) is 0 Å². The molecule has 0 aromatic heterocycles. The molecular weight excluding hydrogens is 1250 g/mol. The van der Waals surface area contributed by atoms with Crippen LogP contribution in [0.15, 0.2) is 65.7 Å². The number of guanidine groups is 1. The molecule has 95 heavy (non-hydrogen) atoms. The fourth-order valence-electron chi connectivity index (χ4n) is 11.0. The van der Waals surface area contributed by atoms with Gasteiger partial charge < -0.3 is 92.5 Å². The summed E-state index contributed by atoms with van der Waals surface area (Å²) in [6, 6.07) is 4.51. The smallest absolute Gasteiger partial charge is 0.245 e. The Hall–Kier alpha value is -8.91. The van der Waals surface area contributed by atoms with Crippen LogP contribution < -0.4 is 82.7 Å². The van der Waals surface area contributed by atoms with E-state index < -0.39 is 169 Å². The summed E-state index contributed by atoms with van der Waals surface area (Å²) in [4.78, 5) is 185. The number of nitrogens with zero attached hydrogens (tertiary/aromatic N) is 3. The van der Waals surface area contributed by atoms with Crippen LogP contribution in [0.25, 0.3) is 0 Å². The molecule has 0 saturated carbocycles. The van der Waals surface area contributed by atoms with Gasteiger partial charge in [0.25, 0.3) is 0 Å². The first-order valence-electron chi connectivity index (χ1n) is 32.2. The Balaban J connectivity index is 1.56. The molecule has 13 amide bonds. The maximum atomic E-state index is 14.7. The summed E-state index contributed by atoms with van der Waals surface area (Å²) < 4.78 is 0. The molecule has 0 spiro atoms. The van der Waals surface area contributed by atoms with Crippen molar-refractivity contribution >= 4 is 94.5 Å². The SMILES string of the molecule is CSCC[C@H](NC(=O)[C@H](CC(C)C)NC(=O)CNC(=O)[C@H](Cc1ccccc1)NC(=O)[C@H](Cc1ccccc1)NC(=O)[C@@H](CCC(N)=O)NC(=O)[C@@H](CCC(N)=O)NC(=O)[C@H]1CCCN1C(=O)[C@H](CCCCN)NC(=O)[C@H]1CCCN1C(=O)[C@H](N)CCCN=C(N)N)C(N)=O. The van der Waals surface area contributed by atoms with Crippen molar-refractivity contribution in [2.24, 2.45) is 51.0 Å². The number of nitrogens with one attached hydrogen (secondary N) is 8. The van der Waals surface area contributed by atoms with Crippen LogP contribution >= 0.6 is 11.8 Å². The minimum absolute atomic E-state index is 0.0736. The second-order valence-electron chi connectivity index (χ2n) is 24.1. The van der Waals surface area contributed by atoms with Gasteiger partial charge in [0.05, 0.1) is 12.6 Å². The number of hydrogen-bond acceptors (Lipinski definition) is 17. The van der Waals surface area contributed by atoms with Crippen LogP contribution in [0.5, 0.6) is 0 Å². The third-order valence-corrected chi connectivity index (χ3v) is 16.7. The maximum Gasteiger partial charge on any atom is 0.245 e. The summed E-state index contributed by atoms with van der Waals surface area (Å²) >= 11 is 1.45. The molecule has 0 bridgehead atoms. The van der Waals surface area contributed by atoms with Crippen LogP contribution in [-0.2, 0) is 75.2 Å². The van der Waals surface area contributed by atoms with Crippen LogP contribution in [-0.4, -0.2) is 198 Å². The molecule has 2 aromatic rings. The molecule has 2 heterocycles. The molecule has 2 fully saturated rings. The lowest BCUT2D eigenvalue weighted by Gasteiger charge is -2.32. The number of likely N-dealkylation sites (tertiary alicyclic amines) is 2. The molecule has 2 aliphatic heterocycles. The van der Waals surface area contributed by atoms with Gasteiger partial charge in [0.2, 0.25) is 76.8 Å². The molecule has 4 rings (SSSR count). The topological polar surface area (TPSA) is 519 Å². The lowest BCUT2D eigenvalue weighted by Crippen LogP contribution is -2.60. The second-order valence-corrected chi connectivity index (χ2v) is 25.1. The monoisotopic (exact) mass is 1350 g/mol. The highest BCUT2D eigenvalue weighted by Gasteiger charge is 2.42. The fourth-order valence-corrected chi connectivity index (χ4v) is 11.5. The van der Waals surface area contributed by atoms with Crippen LogP contribution in [0.3, 0.4) is 0 Å². The summed E-state index contributed by atoms with van der Waals surface area (Å²) in [7, 11) is 0. The number of carbonyl (C=O) groups excluding carboxylic acids is 13. The minimum Gasteiger partial charge on any atom is -0.370 e. The van der Waals surface area contributed by atoms with Gasteiger partial charge in [0, 0.05) is 45.3 Å². The van der Waals surface area contributed by atoms with Crippen molar-refractivity contribution in [2.45, 2.75) is 183 Å². The van der Waals surface area contributed by atoms with Gasteiger partial charge in [0.1, 0.15) is 54.4 Å². The zero-order chi connectivity index (χ0) is 70.1. The number of carbonyl (C=O) groups is 13. The quantitative estimate of drug-likeness (QED) is 0.0173. The Morgan fingerprint density at radius 2 is 1.01 bits per heavy atom. The molecule has 2 aromatic carbocycles. The van der Waals surface area contributed by atoms with Crippen molar-refractivity contribution in [3.63, 3.8) is 0 Å². The van der Waals surface area contributed by atoms with Crippen LogP contribution in [0.4, 0.5) is 0 Å². The fraction of sp³-hybridized carbons (Fsp3) is 0.587. The molecule has 10 atom stereocenters. The van der Waals surface area contributed by atoms with E-state index in [2.05, 4.69) is 47.5 Å². The first-order chi connectivity index (χ1) is 45.2. The number of thioether (sulfide) groups is 1. The Morgan fingerprint density at radius 1 is 0.537 bits per heavy atom. The highest BCUT2D eigenvalue weighted by Crippen LogP contribution is 2.24. The van der Waals surface area contributed by atoms with Gasteiger partial charge in [-0.2, -0.15) is 11.8 Å². The van der Waals surface area contributed by atoms with Gasteiger partial charge >= 0.3 is 0 Å². The number of amides is 13. The van der Waals surface area contributed by atoms with Crippen molar-refractivity contribution in [1.29, 1.82) is 0 Å². The van der Waals surface area contributed by atoms with Crippen LogP contribution in [0, 0.1) is 5.92 Å². The molecule has 0 aliphatic carbocycles. The standard InChI is InChI=1S/C63H98N18O13S/c1-37(2)33-45(57(89)74-41(53(68)85)27-32-95-3)73-52(84)36-72-54(86)46(34-38-15-6-4-7-16-38)78-58(90)47(35-39-17-8-5-9-18-39)79-56(88)42(23-25-50(66)82)75-55(87)43(24-26-51(67)83)76-59(91)49-22-14-31-81(49)62(94)44(20-10-11-28-64)77-60(92)48-21-13-30-80(48)61(93)40(65)19-12-29-71-63(69)70/h4-9,15-18,37,40-49H,10-14,19-36,64-65H2,1-3H3,(H2,66,82)(H2,67,83)(H2,68,85)(H,72,86)(H,73,84)(H,74,89)(H,75,87)(H,76,91)(H,77,92)(H,78,90)(H,79,88)(H4,69,70,71)/t40-,41+,42-,43-,44+,45+,46+,47+,48-,49-/m1/s1. The van der Waals surface area contributed by atoms with Gasteiger partial charge in [0.15, 0.2) is 5.96 Å². The van der Waals surface area contributed by atoms with E-state index in [4.69, 9.17) is 40.1 Å². The summed E-state index contributed by atoms with van der Waals surface area (Å²) in [5, 5.41) is 21.1. The predicted molar refractivity (Wildman–Crippen MR) is 356 cm³/mol. The zero-order valence-corrected chi connectivity index (χ0v) is 55.3. The highest BCUT2D eigenvalue weighted by atomic mass is 32.2. The third-order valence-electron chi connectivity index (χ3n) is 16.0. The number of primary amides is 3. The van der Waals surface area contributed by atoms with E-state index in [-0.39, 0.29) is 83.0 Å². The summed E-state index contributed by atoms with van der Waals surface area (Å²) in [5.74, 6) is -9.80. The van der Waals surface area contributed by atoms with Gasteiger partial charge in [-0.25, -0.2) is 0 Å². The maximum absolute atomic E-state index is 14.7. The number of rotatable bonds is 42. The normalized spacial score (nSPS) is 16.8. The number of aliphatic imine (C=N–C) groups is 1. The molecule has 32 heteroatoms. The lowest BCUT2D eigenvalue weighted by atomic mass is 10.0. The largest absolute Gasteiger partial charge is 0.370 e.